The van der Waals surface area contributed by atoms with Gasteiger partial charge >= 0.3 is 11.6 Å². The van der Waals surface area contributed by atoms with E-state index < -0.39 is 35.3 Å². The van der Waals surface area contributed by atoms with E-state index in [0.717, 1.165) is 32.8 Å². The lowest BCUT2D eigenvalue weighted by Gasteiger charge is -2.27. The van der Waals surface area contributed by atoms with E-state index in [0.29, 0.717) is 88.3 Å². The fourth-order valence-electron chi connectivity index (χ4n) is 7.42. The summed E-state index contributed by atoms with van der Waals surface area (Å²) in [5, 5.41) is 18.0. The first-order valence-corrected chi connectivity index (χ1v) is 20.8. The molecule has 0 bridgehead atoms. The maximum absolute atomic E-state index is 13.2. The zero-order chi connectivity index (χ0) is 44.4. The second-order valence-electron chi connectivity index (χ2n) is 14.9. The summed E-state index contributed by atoms with van der Waals surface area (Å²) < 4.78 is 30.1. The molecule has 8 rings (SSSR count). The summed E-state index contributed by atoms with van der Waals surface area (Å²) in [6, 6.07) is 19.0. The van der Waals surface area contributed by atoms with Crippen molar-refractivity contribution in [3.63, 3.8) is 0 Å². The molecule has 19 nitrogen and oxygen atoms in total. The Kier molecular flexibility index (Phi) is 13.7. The van der Waals surface area contributed by atoms with Crippen LogP contribution in [0, 0.1) is 6.92 Å². The highest BCUT2D eigenvalue weighted by molar-refractivity contribution is 6.25. The number of aryl methyl sites for hydroxylation is 1. The maximum Gasteiger partial charge on any atom is 0.340 e. The van der Waals surface area contributed by atoms with E-state index in [1.807, 2.05) is 43.5 Å². The molecule has 330 valence electrons. The lowest BCUT2D eigenvalue weighted by Crippen LogP contribution is -2.54. The van der Waals surface area contributed by atoms with E-state index in [-0.39, 0.29) is 30.0 Å². The van der Waals surface area contributed by atoms with Crippen molar-refractivity contribution in [2.75, 3.05) is 56.8 Å². The van der Waals surface area contributed by atoms with Crippen LogP contribution >= 0.6 is 0 Å². The molecule has 1 saturated heterocycles. The highest BCUT2D eigenvalue weighted by Gasteiger charge is 2.45. The van der Waals surface area contributed by atoms with Gasteiger partial charge in [-0.3, -0.25) is 29.4 Å². The zero-order valence-corrected chi connectivity index (χ0v) is 34.9. The Balaban J connectivity index is 0.695. The fraction of sp³-hybridized carbons (Fsp3) is 0.311. The topological polar surface area (TPSA) is 231 Å². The largest absolute Gasteiger partial charge is 0.424 e. The van der Waals surface area contributed by atoms with Crippen LogP contribution in [0.15, 0.2) is 94.5 Å². The van der Waals surface area contributed by atoms with Crippen LogP contribution in [0.3, 0.4) is 0 Å². The second-order valence-corrected chi connectivity index (χ2v) is 14.9. The molecule has 0 saturated carbocycles. The van der Waals surface area contributed by atoms with Crippen molar-refractivity contribution in [1.29, 1.82) is 0 Å². The lowest BCUT2D eigenvalue weighted by atomic mass is 9.99. The number of carbonyl (C=O) groups is 4. The number of anilines is 2. The third kappa shape index (κ3) is 10.3. The average Bonchev–Trinajstić information content (AvgIpc) is 3.86. The van der Waals surface area contributed by atoms with Gasteiger partial charge in [0.25, 0.3) is 11.8 Å². The van der Waals surface area contributed by atoms with Gasteiger partial charge in [-0.25, -0.2) is 19.4 Å². The number of aromatic nitrogens is 5. The van der Waals surface area contributed by atoms with Gasteiger partial charge in [0.2, 0.25) is 11.8 Å². The normalized spacial score (nSPS) is 14.8. The van der Waals surface area contributed by atoms with Gasteiger partial charge in [-0.15, -0.1) is 5.10 Å². The molecule has 0 radical (unpaired) electrons. The quantitative estimate of drug-likeness (QED) is 0.0526. The van der Waals surface area contributed by atoms with Gasteiger partial charge in [0, 0.05) is 60.2 Å². The average molecular weight is 872 g/mol. The third-order valence-electron chi connectivity index (χ3n) is 10.6. The number of amides is 4. The second kappa shape index (κ2) is 20.2. The number of ether oxygens (including phenoxy) is 4. The van der Waals surface area contributed by atoms with E-state index in [1.54, 1.807) is 53.5 Å². The summed E-state index contributed by atoms with van der Waals surface area (Å²) in [6.07, 6.45) is 5.57. The molecule has 64 heavy (non-hydrogen) atoms. The maximum atomic E-state index is 13.2. The van der Waals surface area contributed by atoms with Crippen LogP contribution < -0.4 is 26.3 Å². The molecule has 2 aliphatic heterocycles. The van der Waals surface area contributed by atoms with E-state index in [1.165, 1.54) is 0 Å². The molecular weight excluding hydrogens is 827 g/mol. The van der Waals surface area contributed by atoms with Crippen LogP contribution in [0.1, 0.15) is 55.9 Å². The van der Waals surface area contributed by atoms with Crippen molar-refractivity contribution in [3.05, 3.63) is 129 Å². The highest BCUT2D eigenvalue weighted by atomic mass is 16.5. The lowest BCUT2D eigenvalue weighted by molar-refractivity contribution is -0.136. The molecule has 5 heterocycles. The molecule has 1 unspecified atom stereocenters. The summed E-state index contributed by atoms with van der Waals surface area (Å²) in [4.78, 5) is 72.4. The Morgan fingerprint density at radius 3 is 2.44 bits per heavy atom. The van der Waals surface area contributed by atoms with Gasteiger partial charge in [-0.2, -0.15) is 0 Å². The van der Waals surface area contributed by atoms with Crippen LogP contribution in [0.2, 0.25) is 0 Å². The molecule has 3 aromatic carbocycles. The molecule has 4 amide bonds. The Hall–Kier alpha value is -7.35. The molecule has 1 atom stereocenters. The van der Waals surface area contributed by atoms with Crippen molar-refractivity contribution in [2.24, 2.45) is 0 Å². The number of hydrogen-bond donors (Lipinski definition) is 3. The van der Waals surface area contributed by atoms with Gasteiger partial charge in [-0.05, 0) is 66.9 Å². The van der Waals surface area contributed by atoms with Gasteiger partial charge in [-0.1, -0.05) is 23.4 Å². The number of nitrogens with zero attached hydrogens (tertiary/aromatic N) is 6. The molecule has 6 aromatic rings. The third-order valence-corrected chi connectivity index (χ3v) is 10.6. The number of imide groups is 2. The highest BCUT2D eigenvalue weighted by Crippen LogP contribution is 2.32. The van der Waals surface area contributed by atoms with E-state index in [2.05, 4.69) is 36.2 Å². The van der Waals surface area contributed by atoms with E-state index >= 15 is 0 Å². The molecule has 1 fully saturated rings. The Morgan fingerprint density at radius 2 is 1.62 bits per heavy atom. The number of fused-ring (bicyclic) bond motifs is 2. The fourth-order valence-corrected chi connectivity index (χ4v) is 7.42. The smallest absolute Gasteiger partial charge is 0.340 e. The van der Waals surface area contributed by atoms with Crippen molar-refractivity contribution < 1.29 is 42.5 Å². The van der Waals surface area contributed by atoms with Crippen molar-refractivity contribution in [2.45, 2.75) is 45.3 Å². The first-order valence-electron chi connectivity index (χ1n) is 20.8. The van der Waals surface area contributed by atoms with Crippen LogP contribution in [-0.2, 0) is 43.3 Å². The van der Waals surface area contributed by atoms with Crippen LogP contribution in [0.4, 0.5) is 11.4 Å². The Morgan fingerprint density at radius 1 is 0.844 bits per heavy atom. The molecule has 3 aromatic heterocycles. The summed E-state index contributed by atoms with van der Waals surface area (Å²) in [5.74, 6) is -1.73. The van der Waals surface area contributed by atoms with E-state index in [9.17, 15) is 24.0 Å². The molecule has 19 heteroatoms. The number of piperidine rings is 1. The first-order chi connectivity index (χ1) is 31.2. The SMILES string of the molecule is Cc1c(Cc2cccc(NCc3cn(CCOCCOCCOCCNc4cccc5c4C(=O)N(C4CCC(=O)NC4=O)C5=O)nn3)c2)c(=O)oc2cc(Oc3ncccn3)ccc12. The standard InChI is InChI=1S/C45H45N9O10/c1-28-33-10-9-32(63-45-47-13-4-14-48-45)25-38(33)64-44(59)35(28)24-29-5-2-6-30(23-29)49-26-31-27-53(52-51-31)16-18-61-20-22-62-21-19-60-17-15-46-36-8-3-7-34-40(36)43(58)54(42(34)57)37-11-12-39(55)50-41(37)56/h2-10,13-14,23,25,27,37,46,49H,11-12,15-22,24,26H2,1H3,(H,50,55,56). The zero-order valence-electron chi connectivity index (χ0n) is 34.9. The van der Waals surface area contributed by atoms with Gasteiger partial charge < -0.3 is 34.0 Å². The predicted octanol–water partition coefficient (Wildman–Crippen LogP) is 4.04. The van der Waals surface area contributed by atoms with Gasteiger partial charge in [0.05, 0.1) is 70.1 Å². The number of carbonyl (C=O) groups excluding carboxylic acids is 4. The minimum Gasteiger partial charge on any atom is -0.424 e. The van der Waals surface area contributed by atoms with Gasteiger partial charge in [0.15, 0.2) is 0 Å². The molecule has 3 N–H and O–H groups in total. The molecule has 2 aliphatic rings. The van der Waals surface area contributed by atoms with Crippen LogP contribution in [-0.4, -0.2) is 106 Å². The number of rotatable bonds is 21. The summed E-state index contributed by atoms with van der Waals surface area (Å²) in [5.41, 5.74) is 4.88. The number of hydrogen-bond acceptors (Lipinski definition) is 16. The van der Waals surface area contributed by atoms with Crippen LogP contribution in [0.5, 0.6) is 11.8 Å². The number of benzene rings is 3. The Labute approximate surface area is 366 Å². The minimum absolute atomic E-state index is 0.0563. The van der Waals surface area contributed by atoms with Crippen molar-refractivity contribution in [1.82, 2.24) is 35.2 Å². The van der Waals surface area contributed by atoms with Crippen molar-refractivity contribution >= 4 is 46.0 Å². The Bertz CT molecular complexity index is 2720. The number of nitrogens with one attached hydrogen (secondary N) is 3. The molecule has 0 aliphatic carbocycles. The van der Waals surface area contributed by atoms with Gasteiger partial charge in [0.1, 0.15) is 23.1 Å². The predicted molar refractivity (Wildman–Crippen MR) is 230 cm³/mol. The summed E-state index contributed by atoms with van der Waals surface area (Å²) >= 11 is 0. The van der Waals surface area contributed by atoms with Crippen LogP contribution in [0.25, 0.3) is 11.0 Å². The van der Waals surface area contributed by atoms with E-state index in [4.69, 9.17) is 23.4 Å². The molecular formula is C45H45N9O10. The monoisotopic (exact) mass is 871 g/mol. The minimum atomic E-state index is -1.02. The first kappa shape index (κ1) is 43.3. The summed E-state index contributed by atoms with van der Waals surface area (Å²) in [6.45, 7) is 5.48. The summed E-state index contributed by atoms with van der Waals surface area (Å²) in [7, 11) is 0. The molecule has 0 spiro atoms. The van der Waals surface area contributed by atoms with Crippen molar-refractivity contribution in [3.8, 4) is 11.8 Å².